The predicted molar refractivity (Wildman–Crippen MR) is 181 cm³/mol. The van der Waals surface area contributed by atoms with Gasteiger partial charge in [0, 0.05) is 12.8 Å². The summed E-state index contributed by atoms with van der Waals surface area (Å²) in [5, 5.41) is 0. The van der Waals surface area contributed by atoms with Gasteiger partial charge in [-0.15, -0.1) is 0 Å². The van der Waals surface area contributed by atoms with Crippen molar-refractivity contribution in [1.82, 2.24) is 0 Å². The second-order valence-corrected chi connectivity index (χ2v) is 14.3. The molecular formula is C35H66NO8P. The molecule has 45 heavy (non-hydrogen) atoms. The molecule has 0 aromatic carbocycles. The number of esters is 2. The largest absolute Gasteiger partial charge is 0.756 e. The summed E-state index contributed by atoms with van der Waals surface area (Å²) in [6.45, 7) is 4.09. The molecule has 0 heterocycles. The topological polar surface area (TPSA) is 111 Å². The van der Waals surface area contributed by atoms with Crippen molar-refractivity contribution < 1.29 is 42.1 Å². The van der Waals surface area contributed by atoms with Gasteiger partial charge in [-0.05, 0) is 38.5 Å². The molecule has 0 rings (SSSR count). The maximum Gasteiger partial charge on any atom is 0.306 e. The van der Waals surface area contributed by atoms with Crippen LogP contribution in [0.4, 0.5) is 0 Å². The molecule has 264 valence electrons. The number of rotatable bonds is 31. The molecule has 0 fully saturated rings. The second-order valence-electron chi connectivity index (χ2n) is 12.9. The number of carbonyl (C=O) groups excluding carboxylic acids is 2. The van der Waals surface area contributed by atoms with Crippen LogP contribution < -0.4 is 4.89 Å². The first-order valence-electron chi connectivity index (χ1n) is 17.5. The summed E-state index contributed by atoms with van der Waals surface area (Å²) >= 11 is 0. The summed E-state index contributed by atoms with van der Waals surface area (Å²) in [4.78, 5) is 37.0. The van der Waals surface area contributed by atoms with Crippen LogP contribution in [-0.4, -0.2) is 70.0 Å². The van der Waals surface area contributed by atoms with E-state index in [1.165, 1.54) is 32.1 Å². The van der Waals surface area contributed by atoms with Gasteiger partial charge >= 0.3 is 11.9 Å². The number of phosphoric acid groups is 1. The number of likely N-dealkylation sites (N-methyl/N-ethyl adjacent to an activating group) is 1. The molecule has 9 nitrogen and oxygen atoms in total. The number of allylic oxidation sites excluding steroid dienone is 4. The van der Waals surface area contributed by atoms with Crippen LogP contribution in [0.1, 0.15) is 136 Å². The highest BCUT2D eigenvalue weighted by Gasteiger charge is 2.21. The van der Waals surface area contributed by atoms with Gasteiger partial charge in [0.15, 0.2) is 6.10 Å². The third-order valence-electron chi connectivity index (χ3n) is 7.22. The molecule has 0 aliphatic heterocycles. The van der Waals surface area contributed by atoms with Crippen molar-refractivity contribution in [3.8, 4) is 0 Å². The zero-order valence-corrected chi connectivity index (χ0v) is 30.2. The Morgan fingerprint density at radius 1 is 0.689 bits per heavy atom. The van der Waals surface area contributed by atoms with E-state index in [9.17, 15) is 19.0 Å². The molecule has 0 aliphatic carbocycles. The summed E-state index contributed by atoms with van der Waals surface area (Å²) in [6.07, 6.45) is 26.5. The zero-order chi connectivity index (χ0) is 33.7. The number of carbonyl (C=O) groups is 2. The Morgan fingerprint density at radius 3 is 1.82 bits per heavy atom. The molecule has 0 saturated heterocycles. The maximum atomic E-state index is 12.5. The molecule has 0 radical (unpaired) electrons. The third kappa shape index (κ3) is 32.2. The first-order valence-corrected chi connectivity index (χ1v) is 19.0. The van der Waals surface area contributed by atoms with Crippen molar-refractivity contribution in [2.75, 3.05) is 47.5 Å². The van der Waals surface area contributed by atoms with E-state index in [1.54, 1.807) is 0 Å². The molecule has 0 N–H and O–H groups in total. The van der Waals surface area contributed by atoms with Gasteiger partial charge in [0.1, 0.15) is 19.8 Å². The highest BCUT2D eigenvalue weighted by atomic mass is 31.2. The molecule has 0 aromatic heterocycles. The monoisotopic (exact) mass is 659 g/mol. The SMILES string of the molecule is CCCC/C=C/C/C=C/CCCCCCCC(=O)OC[C@@H](COP(=O)([O-])OCC[N+](C)(C)C)OC(=O)CCCCCCCCC. The number of nitrogens with zero attached hydrogens (tertiary/aromatic N) is 1. The van der Waals surface area contributed by atoms with E-state index in [1.807, 2.05) is 21.1 Å². The number of phosphoric ester groups is 1. The van der Waals surface area contributed by atoms with Crippen LogP contribution in [0.25, 0.3) is 0 Å². The van der Waals surface area contributed by atoms with Crippen LogP contribution in [0.15, 0.2) is 24.3 Å². The molecule has 1 unspecified atom stereocenters. The number of quaternary nitrogens is 1. The van der Waals surface area contributed by atoms with E-state index >= 15 is 0 Å². The number of hydrogen-bond donors (Lipinski definition) is 0. The van der Waals surface area contributed by atoms with Crippen LogP contribution >= 0.6 is 7.82 Å². The molecule has 0 saturated carbocycles. The quantitative estimate of drug-likeness (QED) is 0.0241. The molecule has 0 amide bonds. The Morgan fingerprint density at radius 2 is 1.22 bits per heavy atom. The molecule has 0 aromatic rings. The summed E-state index contributed by atoms with van der Waals surface area (Å²) in [5.41, 5.74) is 0. The van der Waals surface area contributed by atoms with Gasteiger partial charge in [0.05, 0.1) is 27.7 Å². The van der Waals surface area contributed by atoms with Crippen LogP contribution in [0.3, 0.4) is 0 Å². The highest BCUT2D eigenvalue weighted by molar-refractivity contribution is 7.45. The number of ether oxygens (including phenoxy) is 2. The van der Waals surface area contributed by atoms with Gasteiger partial charge in [0.25, 0.3) is 7.82 Å². The van der Waals surface area contributed by atoms with Crippen molar-refractivity contribution in [3.05, 3.63) is 24.3 Å². The van der Waals surface area contributed by atoms with Crippen molar-refractivity contribution in [1.29, 1.82) is 0 Å². The Labute approximate surface area is 275 Å². The number of hydrogen-bond acceptors (Lipinski definition) is 8. The van der Waals surface area contributed by atoms with Crippen molar-refractivity contribution in [3.63, 3.8) is 0 Å². The average molecular weight is 660 g/mol. The van der Waals surface area contributed by atoms with Gasteiger partial charge < -0.3 is 27.9 Å². The Hall–Kier alpha value is -1.51. The molecule has 0 bridgehead atoms. The highest BCUT2D eigenvalue weighted by Crippen LogP contribution is 2.38. The summed E-state index contributed by atoms with van der Waals surface area (Å²) in [6, 6.07) is 0. The van der Waals surface area contributed by atoms with Gasteiger partial charge in [-0.1, -0.05) is 109 Å². The van der Waals surface area contributed by atoms with E-state index in [4.69, 9.17) is 18.5 Å². The Bertz CT molecular complexity index is 840. The Balaban J connectivity index is 4.44. The van der Waals surface area contributed by atoms with Crippen LogP contribution in [0.2, 0.25) is 0 Å². The van der Waals surface area contributed by atoms with Crippen LogP contribution in [0.5, 0.6) is 0 Å². The zero-order valence-electron chi connectivity index (χ0n) is 29.3. The van der Waals surface area contributed by atoms with Crippen LogP contribution in [-0.2, 0) is 32.7 Å². The smallest absolute Gasteiger partial charge is 0.306 e. The summed E-state index contributed by atoms with van der Waals surface area (Å²) in [5.74, 6) is -0.860. The molecule has 0 aliphatic rings. The van der Waals surface area contributed by atoms with Gasteiger partial charge in [-0.3, -0.25) is 14.2 Å². The van der Waals surface area contributed by atoms with Gasteiger partial charge in [-0.25, -0.2) is 0 Å². The van der Waals surface area contributed by atoms with Gasteiger partial charge in [0.2, 0.25) is 0 Å². The second kappa shape index (κ2) is 28.7. The fourth-order valence-electron chi connectivity index (χ4n) is 4.37. The standard InChI is InChI=1S/C35H66NO8P/c1-6-8-10-12-14-15-16-17-18-19-20-22-23-25-27-34(37)41-31-33(32-43-45(39,40)42-30-29-36(3,4)5)44-35(38)28-26-24-21-13-11-9-7-2/h12,14,16-17,33H,6-11,13,15,18-32H2,1-5H3/b14-12+,17-16+/t33-/m0/s1. The van der Waals surface area contributed by atoms with E-state index in [0.717, 1.165) is 64.2 Å². The molecule has 2 atom stereocenters. The van der Waals surface area contributed by atoms with E-state index < -0.39 is 32.5 Å². The molecule has 10 heteroatoms. The van der Waals surface area contributed by atoms with Gasteiger partial charge in [-0.2, -0.15) is 0 Å². The van der Waals surface area contributed by atoms with Crippen LogP contribution in [0, 0.1) is 0 Å². The summed E-state index contributed by atoms with van der Waals surface area (Å²) in [7, 11) is 1.15. The molecular weight excluding hydrogens is 593 g/mol. The minimum Gasteiger partial charge on any atom is -0.756 e. The van der Waals surface area contributed by atoms with Crippen molar-refractivity contribution in [2.45, 2.75) is 142 Å². The third-order valence-corrected chi connectivity index (χ3v) is 8.19. The lowest BCUT2D eigenvalue weighted by atomic mass is 10.1. The first-order chi connectivity index (χ1) is 21.5. The lowest BCUT2D eigenvalue weighted by molar-refractivity contribution is -0.870. The van der Waals surface area contributed by atoms with Crippen molar-refractivity contribution >= 4 is 19.8 Å². The minimum absolute atomic E-state index is 0.0323. The maximum absolute atomic E-state index is 12.5. The van der Waals surface area contributed by atoms with Crippen molar-refractivity contribution in [2.24, 2.45) is 0 Å². The normalized spacial score (nSPS) is 14.2. The molecule has 0 spiro atoms. The lowest BCUT2D eigenvalue weighted by Gasteiger charge is -2.28. The van der Waals surface area contributed by atoms with E-state index in [0.29, 0.717) is 23.9 Å². The number of unbranched alkanes of at least 4 members (excludes halogenated alkanes) is 13. The lowest BCUT2D eigenvalue weighted by Crippen LogP contribution is -2.37. The first kappa shape index (κ1) is 43.5. The van der Waals surface area contributed by atoms with E-state index in [-0.39, 0.29) is 26.1 Å². The average Bonchev–Trinajstić information content (AvgIpc) is 2.97. The fourth-order valence-corrected chi connectivity index (χ4v) is 5.10. The van der Waals surface area contributed by atoms with E-state index in [2.05, 4.69) is 38.2 Å². The fraction of sp³-hybridized carbons (Fsp3) is 0.829. The Kier molecular flexibility index (Phi) is 27.7. The predicted octanol–water partition coefficient (Wildman–Crippen LogP) is 8.21. The summed E-state index contributed by atoms with van der Waals surface area (Å²) < 4.78 is 33.5. The minimum atomic E-state index is -4.61.